The third-order valence-corrected chi connectivity index (χ3v) is 4.93. The fourth-order valence-electron chi connectivity index (χ4n) is 3.37. The van der Waals surface area contributed by atoms with Crippen LogP contribution in [0.2, 0.25) is 0 Å². The summed E-state index contributed by atoms with van der Waals surface area (Å²) >= 11 is 0. The van der Waals surface area contributed by atoms with Crippen LogP contribution in [0.3, 0.4) is 0 Å². The van der Waals surface area contributed by atoms with E-state index in [1.165, 1.54) is 0 Å². The molecule has 0 bridgehead atoms. The molecule has 0 unspecified atom stereocenters. The fourth-order valence-corrected chi connectivity index (χ4v) is 3.37. The second kappa shape index (κ2) is 5.70. The molecule has 1 aromatic rings. The number of halogens is 1. The average molecular weight is 320 g/mol. The van der Waals surface area contributed by atoms with Gasteiger partial charge in [-0.15, -0.1) is 0 Å². The zero-order valence-electron chi connectivity index (χ0n) is 13.1. The highest BCUT2D eigenvalue weighted by molar-refractivity contribution is 5.88. The molecule has 1 saturated carbocycles. The first kappa shape index (κ1) is 14.8. The van der Waals surface area contributed by atoms with Crippen LogP contribution >= 0.6 is 0 Å². The van der Waals surface area contributed by atoms with Crippen molar-refractivity contribution in [1.82, 2.24) is 14.9 Å². The number of morpholine rings is 1. The summed E-state index contributed by atoms with van der Waals surface area (Å²) in [7, 11) is 0. The lowest BCUT2D eigenvalue weighted by Gasteiger charge is -2.29. The van der Waals surface area contributed by atoms with E-state index < -0.39 is 5.67 Å². The van der Waals surface area contributed by atoms with E-state index in [1.807, 2.05) is 0 Å². The van der Waals surface area contributed by atoms with E-state index in [9.17, 15) is 9.18 Å². The van der Waals surface area contributed by atoms with Crippen LogP contribution in [-0.4, -0.2) is 65.8 Å². The zero-order valence-corrected chi connectivity index (χ0v) is 13.1. The molecule has 0 N–H and O–H groups in total. The molecule has 3 aliphatic rings. The molecule has 0 radical (unpaired) electrons. The second-order valence-electron chi connectivity index (χ2n) is 6.48. The minimum atomic E-state index is -1.59. The van der Waals surface area contributed by atoms with Gasteiger partial charge in [0, 0.05) is 38.2 Å². The van der Waals surface area contributed by atoms with Crippen molar-refractivity contribution < 1.29 is 13.9 Å². The van der Waals surface area contributed by atoms with Gasteiger partial charge in [0.25, 0.3) is 5.91 Å². The molecule has 3 heterocycles. The predicted molar refractivity (Wildman–Crippen MR) is 82.1 cm³/mol. The van der Waals surface area contributed by atoms with Crippen molar-refractivity contribution in [3.8, 4) is 0 Å². The molecule has 2 aliphatic heterocycles. The van der Waals surface area contributed by atoms with Crippen LogP contribution < -0.4 is 4.90 Å². The second-order valence-corrected chi connectivity index (χ2v) is 6.48. The third-order valence-electron chi connectivity index (χ3n) is 4.93. The Morgan fingerprint density at radius 2 is 1.87 bits per heavy atom. The van der Waals surface area contributed by atoms with Gasteiger partial charge in [0.2, 0.25) is 0 Å². The maximum Gasteiger partial charge on any atom is 0.260 e. The van der Waals surface area contributed by atoms with E-state index in [1.54, 1.807) is 11.2 Å². The van der Waals surface area contributed by atoms with Gasteiger partial charge in [-0.1, -0.05) is 0 Å². The molecule has 1 saturated heterocycles. The summed E-state index contributed by atoms with van der Waals surface area (Å²) in [6.45, 7) is 4.13. The predicted octanol–water partition coefficient (Wildman–Crippen LogP) is 0.742. The number of carbonyl (C=O) groups excluding carboxylic acids is 1. The molecular weight excluding hydrogens is 299 g/mol. The topological polar surface area (TPSA) is 58.6 Å². The minimum absolute atomic E-state index is 0.341. The van der Waals surface area contributed by atoms with E-state index in [-0.39, 0.29) is 5.91 Å². The number of fused-ring (bicyclic) bond motifs is 1. The Morgan fingerprint density at radius 1 is 1.13 bits per heavy atom. The summed E-state index contributed by atoms with van der Waals surface area (Å²) < 4.78 is 19.5. The highest BCUT2D eigenvalue weighted by Crippen LogP contribution is 2.41. The number of hydrogen-bond donors (Lipinski definition) is 0. The number of amides is 1. The zero-order chi connectivity index (χ0) is 15.9. The number of hydrogen-bond acceptors (Lipinski definition) is 5. The van der Waals surface area contributed by atoms with Crippen LogP contribution in [0.1, 0.15) is 24.1 Å². The molecule has 1 aliphatic carbocycles. The molecule has 23 heavy (non-hydrogen) atoms. The first-order chi connectivity index (χ1) is 11.2. The van der Waals surface area contributed by atoms with Crippen LogP contribution in [-0.2, 0) is 22.4 Å². The van der Waals surface area contributed by atoms with Crippen molar-refractivity contribution in [2.45, 2.75) is 31.4 Å². The summed E-state index contributed by atoms with van der Waals surface area (Å²) in [5.74, 6) is 0.611. The highest BCUT2D eigenvalue weighted by atomic mass is 19.1. The number of aromatic nitrogens is 2. The lowest BCUT2D eigenvalue weighted by molar-refractivity contribution is -0.138. The molecular formula is C16H21FN4O2. The van der Waals surface area contributed by atoms with Gasteiger partial charge in [0.05, 0.1) is 18.9 Å². The summed E-state index contributed by atoms with van der Waals surface area (Å²) in [4.78, 5) is 25.0. The third kappa shape index (κ3) is 2.78. The molecule has 6 nitrogen and oxygen atoms in total. The molecule has 124 valence electrons. The smallest absolute Gasteiger partial charge is 0.260 e. The molecule has 0 aromatic carbocycles. The summed E-state index contributed by atoms with van der Waals surface area (Å²) in [5, 5.41) is 0. The summed E-state index contributed by atoms with van der Waals surface area (Å²) in [6, 6.07) is 0. The van der Waals surface area contributed by atoms with Crippen LogP contribution in [0.4, 0.5) is 10.2 Å². The molecule has 0 atom stereocenters. The van der Waals surface area contributed by atoms with Crippen LogP contribution in [0, 0.1) is 0 Å². The monoisotopic (exact) mass is 320 g/mol. The van der Waals surface area contributed by atoms with Crippen LogP contribution in [0.25, 0.3) is 0 Å². The quantitative estimate of drug-likeness (QED) is 0.804. The number of rotatable bonds is 2. The van der Waals surface area contributed by atoms with Gasteiger partial charge < -0.3 is 14.5 Å². The Hall–Kier alpha value is -1.76. The van der Waals surface area contributed by atoms with Gasteiger partial charge in [-0.05, 0) is 19.3 Å². The molecule has 4 rings (SSSR count). The highest BCUT2D eigenvalue weighted by Gasteiger charge is 2.52. The maximum atomic E-state index is 14.1. The Balaban J connectivity index is 1.55. The Kier molecular flexibility index (Phi) is 3.67. The van der Waals surface area contributed by atoms with E-state index in [4.69, 9.17) is 4.74 Å². The van der Waals surface area contributed by atoms with E-state index in [2.05, 4.69) is 14.9 Å². The van der Waals surface area contributed by atoms with E-state index in [0.717, 1.165) is 30.2 Å². The van der Waals surface area contributed by atoms with Crippen molar-refractivity contribution >= 4 is 11.7 Å². The molecule has 7 heteroatoms. The van der Waals surface area contributed by atoms with Gasteiger partial charge >= 0.3 is 0 Å². The molecule has 0 spiro atoms. The van der Waals surface area contributed by atoms with Crippen LogP contribution in [0.15, 0.2) is 6.33 Å². The number of nitrogens with zero attached hydrogens (tertiary/aromatic N) is 4. The molecule has 1 aromatic heterocycles. The van der Waals surface area contributed by atoms with Crippen molar-refractivity contribution in [1.29, 1.82) is 0 Å². The van der Waals surface area contributed by atoms with Crippen molar-refractivity contribution in [3.63, 3.8) is 0 Å². The van der Waals surface area contributed by atoms with Crippen molar-refractivity contribution in [2.24, 2.45) is 0 Å². The number of ether oxygens (including phenoxy) is 1. The number of carbonyl (C=O) groups is 1. The molecule has 1 amide bonds. The van der Waals surface area contributed by atoms with Gasteiger partial charge in [-0.3, -0.25) is 4.79 Å². The number of anilines is 1. The van der Waals surface area contributed by atoms with E-state index in [0.29, 0.717) is 52.0 Å². The van der Waals surface area contributed by atoms with Crippen LogP contribution in [0.5, 0.6) is 0 Å². The van der Waals surface area contributed by atoms with Crippen molar-refractivity contribution in [2.75, 3.05) is 44.3 Å². The summed E-state index contributed by atoms with van der Waals surface area (Å²) in [5.41, 5.74) is 0.504. The average Bonchev–Trinajstić information content (AvgIpc) is 3.37. The Labute approximate surface area is 134 Å². The minimum Gasteiger partial charge on any atom is -0.378 e. The molecule has 2 fully saturated rings. The van der Waals surface area contributed by atoms with Gasteiger partial charge in [-0.25, -0.2) is 14.4 Å². The SMILES string of the molecule is O=C(N1CCc2ncnc(N3CCOCC3)c2CC1)C1(F)CC1. The van der Waals surface area contributed by atoms with Gasteiger partial charge in [0.1, 0.15) is 12.1 Å². The normalized spacial score (nSPS) is 23.2. The summed E-state index contributed by atoms with van der Waals surface area (Å²) in [6.07, 6.45) is 3.68. The van der Waals surface area contributed by atoms with E-state index >= 15 is 0 Å². The lowest BCUT2D eigenvalue weighted by atomic mass is 10.1. The largest absolute Gasteiger partial charge is 0.378 e. The fraction of sp³-hybridized carbons (Fsp3) is 0.688. The maximum absolute atomic E-state index is 14.1. The first-order valence-electron chi connectivity index (χ1n) is 8.31. The Morgan fingerprint density at radius 3 is 2.61 bits per heavy atom. The standard InChI is InChI=1S/C16H21FN4O2/c17-16(3-4-16)15(22)21-5-1-12-13(2-6-21)18-11-19-14(12)20-7-9-23-10-8-20/h11H,1-10H2. The van der Waals surface area contributed by atoms with Gasteiger partial charge in [-0.2, -0.15) is 0 Å². The van der Waals surface area contributed by atoms with Gasteiger partial charge in [0.15, 0.2) is 5.67 Å². The number of alkyl halides is 1. The first-order valence-corrected chi connectivity index (χ1v) is 8.31. The Bertz CT molecular complexity index is 614. The van der Waals surface area contributed by atoms with Crippen molar-refractivity contribution in [3.05, 3.63) is 17.6 Å². The lowest BCUT2D eigenvalue weighted by Crippen LogP contribution is -2.40.